The molecule has 2 N–H and O–H groups in total. The molecule has 0 atom stereocenters. The second-order valence-electron chi connectivity index (χ2n) is 7.03. The topological polar surface area (TPSA) is 79.4 Å². The molecule has 0 unspecified atom stereocenters. The van der Waals surface area contributed by atoms with Crippen LogP contribution in [0.3, 0.4) is 0 Å². The normalized spacial score (nSPS) is 10.9. The van der Waals surface area contributed by atoms with Crippen molar-refractivity contribution in [3.63, 3.8) is 0 Å². The van der Waals surface area contributed by atoms with Crippen LogP contribution in [0.4, 0.5) is 4.39 Å². The molecule has 1 amide bonds. The van der Waals surface area contributed by atoms with Crippen molar-refractivity contribution in [3.05, 3.63) is 108 Å². The lowest BCUT2D eigenvalue weighted by Crippen LogP contribution is -2.17. The molecular weight excluding hydrogens is 407 g/mol. The van der Waals surface area contributed by atoms with Crippen LogP contribution in [0.25, 0.3) is 11.3 Å². The van der Waals surface area contributed by atoms with Gasteiger partial charge < -0.3 is 4.74 Å². The van der Waals surface area contributed by atoms with E-state index in [2.05, 4.69) is 32.9 Å². The van der Waals surface area contributed by atoms with Crippen LogP contribution in [0, 0.1) is 5.82 Å². The Morgan fingerprint density at radius 2 is 1.78 bits per heavy atom. The zero-order chi connectivity index (χ0) is 22.2. The number of aromatic amines is 1. The number of amides is 1. The van der Waals surface area contributed by atoms with Gasteiger partial charge in [0.2, 0.25) is 0 Å². The summed E-state index contributed by atoms with van der Waals surface area (Å²) in [4.78, 5) is 12.2. The summed E-state index contributed by atoms with van der Waals surface area (Å²) in [7, 11) is 0. The van der Waals surface area contributed by atoms with E-state index in [1.807, 2.05) is 42.5 Å². The van der Waals surface area contributed by atoms with Crippen molar-refractivity contribution in [3.8, 4) is 17.0 Å². The minimum absolute atomic E-state index is 0.277. The molecule has 0 saturated carbocycles. The molecule has 1 aromatic heterocycles. The third-order valence-corrected chi connectivity index (χ3v) is 4.72. The van der Waals surface area contributed by atoms with Gasteiger partial charge in [0.25, 0.3) is 5.91 Å². The molecule has 7 heteroatoms. The van der Waals surface area contributed by atoms with Gasteiger partial charge in [-0.1, -0.05) is 42.5 Å². The van der Waals surface area contributed by atoms with Crippen LogP contribution in [0.1, 0.15) is 21.6 Å². The van der Waals surface area contributed by atoms with E-state index in [1.54, 1.807) is 18.2 Å². The Bertz CT molecular complexity index is 1190. The molecule has 3 aromatic carbocycles. The van der Waals surface area contributed by atoms with Gasteiger partial charge in [0.15, 0.2) is 0 Å². The SMILES string of the molecule is O=C(N/N=C/c1ccc(F)cc1)c1cc(-c2ccc(OCCc3ccccc3)cc2)n[nH]1. The van der Waals surface area contributed by atoms with Gasteiger partial charge in [-0.2, -0.15) is 10.2 Å². The highest BCUT2D eigenvalue weighted by Gasteiger charge is 2.10. The number of nitrogens with zero attached hydrogens (tertiary/aromatic N) is 2. The maximum atomic E-state index is 12.9. The van der Waals surface area contributed by atoms with E-state index in [-0.39, 0.29) is 11.5 Å². The Labute approximate surface area is 184 Å². The van der Waals surface area contributed by atoms with Crippen molar-refractivity contribution < 1.29 is 13.9 Å². The minimum Gasteiger partial charge on any atom is -0.493 e. The second-order valence-corrected chi connectivity index (χ2v) is 7.03. The van der Waals surface area contributed by atoms with Crippen molar-refractivity contribution in [2.24, 2.45) is 5.10 Å². The number of hydrogen-bond donors (Lipinski definition) is 2. The molecule has 0 fully saturated rings. The fourth-order valence-electron chi connectivity index (χ4n) is 3.01. The molecule has 4 aromatic rings. The summed E-state index contributed by atoms with van der Waals surface area (Å²) in [6.07, 6.45) is 2.27. The molecule has 1 heterocycles. The van der Waals surface area contributed by atoms with E-state index in [1.165, 1.54) is 23.9 Å². The maximum absolute atomic E-state index is 12.9. The van der Waals surface area contributed by atoms with E-state index in [9.17, 15) is 9.18 Å². The molecule has 0 aliphatic heterocycles. The molecular formula is C25H21FN4O2. The zero-order valence-corrected chi connectivity index (χ0v) is 17.2. The molecule has 0 saturated heterocycles. The predicted molar refractivity (Wildman–Crippen MR) is 121 cm³/mol. The third kappa shape index (κ3) is 5.66. The number of carbonyl (C=O) groups excluding carboxylic acids is 1. The molecule has 4 rings (SSSR count). The third-order valence-electron chi connectivity index (χ3n) is 4.72. The Balaban J connectivity index is 1.30. The quantitative estimate of drug-likeness (QED) is 0.318. The van der Waals surface area contributed by atoms with Crippen LogP contribution in [-0.2, 0) is 6.42 Å². The Hall–Kier alpha value is -4.26. The smallest absolute Gasteiger partial charge is 0.289 e. The van der Waals surface area contributed by atoms with E-state index >= 15 is 0 Å². The first kappa shape index (κ1) is 21.0. The summed E-state index contributed by atoms with van der Waals surface area (Å²) >= 11 is 0. The number of halogens is 1. The minimum atomic E-state index is -0.428. The van der Waals surface area contributed by atoms with Crippen LogP contribution in [-0.4, -0.2) is 28.9 Å². The van der Waals surface area contributed by atoms with Crippen LogP contribution >= 0.6 is 0 Å². The lowest BCUT2D eigenvalue weighted by molar-refractivity contribution is 0.0950. The van der Waals surface area contributed by atoms with E-state index in [0.717, 1.165) is 17.7 Å². The predicted octanol–water partition coefficient (Wildman–Crippen LogP) is 4.60. The Morgan fingerprint density at radius 1 is 1.03 bits per heavy atom. The summed E-state index contributed by atoms with van der Waals surface area (Å²) in [5, 5.41) is 10.8. The van der Waals surface area contributed by atoms with Crippen molar-refractivity contribution in [1.29, 1.82) is 0 Å². The van der Waals surface area contributed by atoms with Crippen LogP contribution in [0.2, 0.25) is 0 Å². The van der Waals surface area contributed by atoms with Crippen LogP contribution < -0.4 is 10.2 Å². The van der Waals surface area contributed by atoms with Crippen LogP contribution in [0.15, 0.2) is 90.0 Å². The highest BCUT2D eigenvalue weighted by molar-refractivity contribution is 5.94. The van der Waals surface area contributed by atoms with Gasteiger partial charge in [-0.3, -0.25) is 9.89 Å². The van der Waals surface area contributed by atoms with Crippen molar-refractivity contribution in [2.75, 3.05) is 6.61 Å². The standard InChI is InChI=1S/C25H21FN4O2/c26-21-10-6-19(7-11-21)17-27-30-25(31)24-16-23(28-29-24)20-8-12-22(13-9-20)32-15-14-18-4-2-1-3-5-18/h1-13,16-17H,14-15H2,(H,28,29)(H,30,31)/b27-17+. The maximum Gasteiger partial charge on any atom is 0.289 e. The largest absolute Gasteiger partial charge is 0.493 e. The fraction of sp³-hybridized carbons (Fsp3) is 0.0800. The first-order valence-corrected chi connectivity index (χ1v) is 10.1. The molecule has 6 nitrogen and oxygen atoms in total. The molecule has 0 aliphatic carbocycles. The molecule has 32 heavy (non-hydrogen) atoms. The zero-order valence-electron chi connectivity index (χ0n) is 17.2. The van der Waals surface area contributed by atoms with Gasteiger partial charge in [-0.05, 0) is 53.6 Å². The van der Waals surface area contributed by atoms with Crippen LogP contribution in [0.5, 0.6) is 5.75 Å². The number of benzene rings is 3. The van der Waals surface area contributed by atoms with Gasteiger partial charge in [-0.15, -0.1) is 0 Å². The van der Waals surface area contributed by atoms with Gasteiger partial charge in [0, 0.05) is 12.0 Å². The average molecular weight is 428 g/mol. The number of nitrogens with one attached hydrogen (secondary N) is 2. The van der Waals surface area contributed by atoms with Gasteiger partial charge in [0.05, 0.1) is 18.5 Å². The molecule has 160 valence electrons. The van der Waals surface area contributed by atoms with Crippen molar-refractivity contribution in [2.45, 2.75) is 6.42 Å². The number of hydrogen-bond acceptors (Lipinski definition) is 4. The van der Waals surface area contributed by atoms with Crippen molar-refractivity contribution in [1.82, 2.24) is 15.6 Å². The Morgan fingerprint density at radius 3 is 2.53 bits per heavy atom. The Kier molecular flexibility index (Phi) is 6.67. The number of carbonyl (C=O) groups is 1. The summed E-state index contributed by atoms with van der Waals surface area (Å²) in [6, 6.07) is 25.1. The average Bonchev–Trinajstić information content (AvgIpc) is 3.32. The number of hydrazone groups is 1. The highest BCUT2D eigenvalue weighted by Crippen LogP contribution is 2.21. The lowest BCUT2D eigenvalue weighted by atomic mass is 10.1. The number of aromatic nitrogens is 2. The summed E-state index contributed by atoms with van der Waals surface area (Å²) in [6.45, 7) is 0.592. The lowest BCUT2D eigenvalue weighted by Gasteiger charge is -2.06. The summed E-state index contributed by atoms with van der Waals surface area (Å²) < 4.78 is 18.7. The van der Waals surface area contributed by atoms with Gasteiger partial charge in [0.1, 0.15) is 17.3 Å². The summed E-state index contributed by atoms with van der Waals surface area (Å²) in [5.74, 6) is 0.0132. The van der Waals surface area contributed by atoms with Gasteiger partial charge >= 0.3 is 0 Å². The molecule has 0 spiro atoms. The summed E-state index contributed by atoms with van der Waals surface area (Å²) in [5.41, 5.74) is 6.08. The van der Waals surface area contributed by atoms with Gasteiger partial charge in [-0.25, -0.2) is 9.82 Å². The van der Waals surface area contributed by atoms with E-state index in [0.29, 0.717) is 17.9 Å². The van der Waals surface area contributed by atoms with Crippen molar-refractivity contribution >= 4 is 12.1 Å². The monoisotopic (exact) mass is 428 g/mol. The molecule has 0 aliphatic rings. The molecule has 0 bridgehead atoms. The fourth-order valence-corrected chi connectivity index (χ4v) is 3.01. The highest BCUT2D eigenvalue weighted by atomic mass is 19.1. The number of rotatable bonds is 8. The number of H-pyrrole nitrogens is 1. The van der Waals surface area contributed by atoms with E-state index in [4.69, 9.17) is 4.74 Å². The first-order chi connectivity index (χ1) is 15.7. The van der Waals surface area contributed by atoms with E-state index < -0.39 is 5.91 Å². The first-order valence-electron chi connectivity index (χ1n) is 10.1. The molecule has 0 radical (unpaired) electrons. The number of ether oxygens (including phenoxy) is 1. The second kappa shape index (κ2) is 10.2.